The Kier molecular flexibility index (Phi) is 2.40. The van der Waals surface area contributed by atoms with Gasteiger partial charge in [-0.15, -0.1) is 11.3 Å². The molecule has 0 radical (unpaired) electrons. The molecule has 2 saturated heterocycles. The number of hydrogen-bond donors (Lipinski definition) is 0. The fourth-order valence-corrected chi connectivity index (χ4v) is 2.58. The van der Waals surface area contributed by atoms with Gasteiger partial charge in [0.25, 0.3) is 0 Å². The fraction of sp³-hybridized carbons (Fsp3) is 0.462. The van der Waals surface area contributed by atoms with E-state index in [2.05, 4.69) is 34.8 Å². The molecule has 0 aromatic rings. The number of ether oxygens (including phenoxy) is 1. The third-order valence-corrected chi connectivity index (χ3v) is 3.45. The van der Waals surface area contributed by atoms with Crippen LogP contribution in [0.5, 0.6) is 0 Å². The van der Waals surface area contributed by atoms with Gasteiger partial charge in [0, 0.05) is 19.1 Å². The molecule has 3 nitrogen and oxygen atoms in total. The van der Waals surface area contributed by atoms with Gasteiger partial charge in [-0.05, 0) is 6.42 Å². The van der Waals surface area contributed by atoms with E-state index in [0.717, 1.165) is 39.3 Å². The normalized spacial score (nSPS) is 24.9. The molecule has 2 heterocycles. The second-order valence-electron chi connectivity index (χ2n) is 4.39. The van der Waals surface area contributed by atoms with E-state index < -0.39 is 0 Å². The first-order valence-electron chi connectivity index (χ1n) is 5.89. The zero-order valence-electron chi connectivity index (χ0n) is 9.48. The van der Waals surface area contributed by atoms with E-state index >= 15 is 0 Å². The summed E-state index contributed by atoms with van der Waals surface area (Å²) >= 11 is 0. The highest BCUT2D eigenvalue weighted by molar-refractivity contribution is 5.46. The molecule has 0 unspecified atom stereocenters. The van der Waals surface area contributed by atoms with Crippen LogP contribution in [0.15, 0.2) is 23.4 Å². The van der Waals surface area contributed by atoms with E-state index in [4.69, 9.17) is 4.74 Å². The zero-order valence-corrected chi connectivity index (χ0v) is 9.48. The van der Waals surface area contributed by atoms with Crippen molar-refractivity contribution in [1.82, 2.24) is 4.90 Å². The van der Waals surface area contributed by atoms with Gasteiger partial charge >= 0.3 is 0 Å². The molecule has 0 amide bonds. The predicted octanol–water partition coefficient (Wildman–Crippen LogP) is 0.996. The highest BCUT2D eigenvalue weighted by Gasteiger charge is 2.22. The van der Waals surface area contributed by atoms with Crippen molar-refractivity contribution in [2.45, 2.75) is 6.42 Å². The summed E-state index contributed by atoms with van der Waals surface area (Å²) in [6.07, 6.45) is 7.64. The molecule has 0 N–H and O–H groups in total. The van der Waals surface area contributed by atoms with Crippen molar-refractivity contribution in [2.24, 2.45) is 0 Å². The zero-order chi connectivity index (χ0) is 11.0. The monoisotopic (exact) mass is 217 g/mol. The second kappa shape index (κ2) is 3.91. The third kappa shape index (κ3) is 1.52. The molecule has 3 rings (SSSR count). The van der Waals surface area contributed by atoms with Crippen LogP contribution in [0.3, 0.4) is 0 Å². The Morgan fingerprint density at radius 2 is 2.25 bits per heavy atom. The van der Waals surface area contributed by atoms with E-state index in [1.807, 2.05) is 0 Å². The molecule has 3 heteroatoms. The van der Waals surface area contributed by atoms with Gasteiger partial charge in [-0.1, -0.05) is 0 Å². The Balaban J connectivity index is 1.87. The van der Waals surface area contributed by atoms with Crippen LogP contribution in [0.1, 0.15) is 6.42 Å². The van der Waals surface area contributed by atoms with Gasteiger partial charge in [0.05, 0.1) is 19.9 Å². The van der Waals surface area contributed by atoms with Crippen LogP contribution >= 0.6 is 0 Å². The van der Waals surface area contributed by atoms with E-state index in [9.17, 15) is 0 Å². The summed E-state index contributed by atoms with van der Waals surface area (Å²) < 4.78 is 7.49. The van der Waals surface area contributed by atoms with Crippen LogP contribution in [-0.4, -0.2) is 49.0 Å². The summed E-state index contributed by atoms with van der Waals surface area (Å²) in [5.74, 6) is 0. The van der Waals surface area contributed by atoms with Crippen molar-refractivity contribution in [3.63, 3.8) is 0 Å². The highest BCUT2D eigenvalue weighted by atomic mass is 16.5. The summed E-state index contributed by atoms with van der Waals surface area (Å²) in [6, 6.07) is 1.30. The van der Waals surface area contributed by atoms with E-state index in [0.29, 0.717) is 0 Å². The minimum absolute atomic E-state index is 0.845. The standard InChI is InChI=1S/C13H17N2O/c1-14-6-5-11-12(14)3-2-4-13(11)15-7-9-16-10-8-15/h2-4H,1,5-10H2/q-1. The van der Waals surface area contributed by atoms with Crippen molar-refractivity contribution in [1.29, 1.82) is 0 Å². The van der Waals surface area contributed by atoms with Crippen LogP contribution in [0.25, 0.3) is 0 Å². The lowest BCUT2D eigenvalue weighted by Gasteiger charge is -2.42. The third-order valence-electron chi connectivity index (χ3n) is 3.45. The van der Waals surface area contributed by atoms with Crippen molar-refractivity contribution in [3.05, 3.63) is 35.9 Å². The van der Waals surface area contributed by atoms with E-state index in [1.54, 1.807) is 0 Å². The van der Waals surface area contributed by atoms with E-state index in [-0.39, 0.29) is 0 Å². The van der Waals surface area contributed by atoms with Crippen LogP contribution in [-0.2, 0) is 4.74 Å². The quantitative estimate of drug-likeness (QED) is 0.481. The molecule has 0 atom stereocenters. The maximum Gasteiger partial charge on any atom is 0.121 e. The van der Waals surface area contributed by atoms with Gasteiger partial charge < -0.3 is 14.2 Å². The summed E-state index contributed by atoms with van der Waals surface area (Å²) in [5, 5.41) is 0. The Hall–Kier alpha value is -1.35. The topological polar surface area (TPSA) is 15.5 Å². The summed E-state index contributed by atoms with van der Waals surface area (Å²) in [4.78, 5) is 2.43. The van der Waals surface area contributed by atoms with Crippen molar-refractivity contribution in [3.8, 4) is 0 Å². The predicted molar refractivity (Wildman–Crippen MR) is 63.0 cm³/mol. The number of fused-ring (bicyclic) bond motifs is 1. The first kappa shape index (κ1) is 9.85. The number of morpholine rings is 1. The minimum atomic E-state index is 0.845. The van der Waals surface area contributed by atoms with Crippen LogP contribution in [0.2, 0.25) is 0 Å². The number of allylic oxidation sites excluding steroid dienone is 1. The molecule has 0 spiro atoms. The largest absolute Gasteiger partial charge is 0.428 e. The molecule has 86 valence electrons. The maximum atomic E-state index is 5.40. The molecule has 1 aliphatic carbocycles. The van der Waals surface area contributed by atoms with Crippen LogP contribution in [0, 0.1) is 12.5 Å². The molecule has 0 bridgehead atoms. The molecule has 2 aliphatic heterocycles. The Labute approximate surface area is 96.7 Å². The number of hydrogen-bond acceptors (Lipinski definition) is 2. The lowest BCUT2D eigenvalue weighted by Crippen LogP contribution is -2.37. The Morgan fingerprint density at radius 3 is 3.06 bits per heavy atom. The van der Waals surface area contributed by atoms with Gasteiger partial charge in [0.15, 0.2) is 0 Å². The molecule has 2 fully saturated rings. The maximum absolute atomic E-state index is 5.40. The lowest BCUT2D eigenvalue weighted by atomic mass is 9.97. The van der Waals surface area contributed by atoms with Gasteiger partial charge in [-0.25, -0.2) is 12.5 Å². The molecular formula is C13H17N2O-. The SMILES string of the molecule is C=[N+]1CCC2=C(N3CCOCC3)[CH-]C=C[C-]21. The number of rotatable bonds is 1. The lowest BCUT2D eigenvalue weighted by molar-refractivity contribution is -0.475. The molecule has 3 aliphatic rings. The van der Waals surface area contributed by atoms with Crippen molar-refractivity contribution in [2.75, 3.05) is 32.8 Å². The average molecular weight is 217 g/mol. The van der Waals surface area contributed by atoms with Gasteiger partial charge in [-0.2, -0.15) is 6.08 Å². The molecule has 0 aromatic heterocycles. The summed E-state index contributed by atoms with van der Waals surface area (Å²) in [5.41, 5.74) is 2.84. The minimum Gasteiger partial charge on any atom is -0.428 e. The molecule has 16 heavy (non-hydrogen) atoms. The Morgan fingerprint density at radius 1 is 1.44 bits per heavy atom. The summed E-state index contributed by atoms with van der Waals surface area (Å²) in [7, 11) is 0. The van der Waals surface area contributed by atoms with Crippen LogP contribution in [0.4, 0.5) is 0 Å². The smallest absolute Gasteiger partial charge is 0.121 e. The highest BCUT2D eigenvalue weighted by Crippen LogP contribution is 2.35. The van der Waals surface area contributed by atoms with Crippen molar-refractivity contribution < 1.29 is 9.31 Å². The summed E-state index contributed by atoms with van der Waals surface area (Å²) in [6.45, 7) is 8.80. The van der Waals surface area contributed by atoms with Crippen LogP contribution < -0.4 is 0 Å². The number of nitrogens with zero attached hydrogens (tertiary/aromatic N) is 2. The van der Waals surface area contributed by atoms with Gasteiger partial charge in [0.2, 0.25) is 0 Å². The second-order valence-corrected chi connectivity index (χ2v) is 4.39. The molecule has 0 saturated carbocycles. The Bertz CT molecular complexity index is 364. The van der Waals surface area contributed by atoms with Crippen molar-refractivity contribution >= 4 is 6.72 Å². The first-order chi connectivity index (χ1) is 7.86. The molecular weight excluding hydrogens is 200 g/mol. The van der Waals surface area contributed by atoms with Gasteiger partial charge in [-0.3, -0.25) is 0 Å². The van der Waals surface area contributed by atoms with E-state index in [1.165, 1.54) is 17.3 Å². The first-order valence-corrected chi connectivity index (χ1v) is 5.89. The van der Waals surface area contributed by atoms with Gasteiger partial charge in [0.1, 0.15) is 6.54 Å². The molecule has 0 aromatic carbocycles. The fourth-order valence-electron chi connectivity index (χ4n) is 2.58. The average Bonchev–Trinajstić information content (AvgIpc) is 2.73.